The fourth-order valence-electron chi connectivity index (χ4n) is 3.74. The molecular formula is C23H23N5O2S2. The maximum absolute atomic E-state index is 12.9. The van der Waals surface area contributed by atoms with E-state index in [9.17, 15) is 4.79 Å². The first-order valence-electron chi connectivity index (χ1n) is 10.4. The SMILES string of the molecule is COc1ccc(-c2nc(CN3CCN(C(=O)c4cc(-c5cccs5)[nH]n4)CC3)cs2)cc1. The Bertz CT molecular complexity index is 1180. The number of piperazine rings is 1. The summed E-state index contributed by atoms with van der Waals surface area (Å²) in [5.74, 6) is 0.828. The normalized spacial score (nSPS) is 14.6. The molecule has 5 rings (SSSR count). The molecule has 1 aliphatic heterocycles. The number of H-pyrrole nitrogens is 1. The molecular weight excluding hydrogens is 442 g/mol. The smallest absolute Gasteiger partial charge is 0.274 e. The van der Waals surface area contributed by atoms with Crippen LogP contribution in [0.5, 0.6) is 5.75 Å². The van der Waals surface area contributed by atoms with Gasteiger partial charge in [-0.2, -0.15) is 5.10 Å². The number of nitrogens with one attached hydrogen (secondary N) is 1. The third-order valence-corrected chi connectivity index (χ3v) is 7.36. The number of hydrogen-bond acceptors (Lipinski definition) is 7. The van der Waals surface area contributed by atoms with Crippen LogP contribution in [0, 0.1) is 0 Å². The lowest BCUT2D eigenvalue weighted by Gasteiger charge is -2.34. The molecule has 1 amide bonds. The van der Waals surface area contributed by atoms with Gasteiger partial charge < -0.3 is 9.64 Å². The molecule has 0 radical (unpaired) electrons. The minimum atomic E-state index is -0.0147. The Morgan fingerprint density at radius 1 is 1.12 bits per heavy atom. The van der Waals surface area contributed by atoms with E-state index >= 15 is 0 Å². The molecule has 164 valence electrons. The number of methoxy groups -OCH3 is 1. The number of nitrogens with zero attached hydrogens (tertiary/aromatic N) is 4. The van der Waals surface area contributed by atoms with Gasteiger partial charge in [-0.1, -0.05) is 6.07 Å². The molecule has 9 heteroatoms. The van der Waals surface area contributed by atoms with Crippen molar-refractivity contribution in [2.45, 2.75) is 6.54 Å². The molecule has 0 spiro atoms. The number of carbonyl (C=O) groups is 1. The van der Waals surface area contributed by atoms with Gasteiger partial charge in [0.2, 0.25) is 0 Å². The van der Waals surface area contributed by atoms with Crippen LogP contribution in [-0.4, -0.2) is 64.2 Å². The van der Waals surface area contributed by atoms with Gasteiger partial charge in [-0.25, -0.2) is 4.98 Å². The molecule has 7 nitrogen and oxygen atoms in total. The molecule has 1 aromatic carbocycles. The van der Waals surface area contributed by atoms with Crippen LogP contribution in [-0.2, 0) is 6.54 Å². The van der Waals surface area contributed by atoms with Crippen LogP contribution in [0.4, 0.5) is 0 Å². The van der Waals surface area contributed by atoms with E-state index in [1.165, 1.54) is 0 Å². The molecule has 4 aromatic rings. The number of thiophene rings is 1. The van der Waals surface area contributed by atoms with Crippen molar-refractivity contribution in [2.75, 3.05) is 33.3 Å². The number of aromatic nitrogens is 3. The van der Waals surface area contributed by atoms with Crippen molar-refractivity contribution in [2.24, 2.45) is 0 Å². The van der Waals surface area contributed by atoms with Gasteiger partial charge in [0, 0.05) is 43.7 Å². The van der Waals surface area contributed by atoms with Gasteiger partial charge in [0.05, 0.1) is 23.4 Å². The molecule has 1 fully saturated rings. The number of hydrogen-bond donors (Lipinski definition) is 1. The number of thiazole rings is 1. The maximum Gasteiger partial charge on any atom is 0.274 e. The Balaban J connectivity index is 1.16. The Morgan fingerprint density at radius 2 is 1.94 bits per heavy atom. The number of amides is 1. The van der Waals surface area contributed by atoms with E-state index in [0.29, 0.717) is 18.8 Å². The Labute approximate surface area is 194 Å². The zero-order valence-electron chi connectivity index (χ0n) is 17.7. The molecule has 32 heavy (non-hydrogen) atoms. The molecule has 1 N–H and O–H groups in total. The summed E-state index contributed by atoms with van der Waals surface area (Å²) < 4.78 is 5.23. The van der Waals surface area contributed by atoms with Gasteiger partial charge in [0.1, 0.15) is 10.8 Å². The monoisotopic (exact) mass is 465 g/mol. The first-order chi connectivity index (χ1) is 15.7. The van der Waals surface area contributed by atoms with Crippen molar-refractivity contribution in [3.8, 4) is 26.9 Å². The van der Waals surface area contributed by atoms with Crippen molar-refractivity contribution in [3.05, 3.63) is 64.6 Å². The Morgan fingerprint density at radius 3 is 2.66 bits per heavy atom. The predicted molar refractivity (Wildman–Crippen MR) is 127 cm³/mol. The molecule has 3 aromatic heterocycles. The highest BCUT2D eigenvalue weighted by molar-refractivity contribution is 7.13. The quantitative estimate of drug-likeness (QED) is 0.461. The summed E-state index contributed by atoms with van der Waals surface area (Å²) in [6, 6.07) is 13.8. The largest absolute Gasteiger partial charge is 0.497 e. The van der Waals surface area contributed by atoms with Crippen LogP contribution in [0.25, 0.3) is 21.1 Å². The number of rotatable bonds is 6. The summed E-state index contributed by atoms with van der Waals surface area (Å²) in [6.45, 7) is 3.82. The predicted octanol–water partition coefficient (Wildman–Crippen LogP) is 4.23. The molecule has 0 atom stereocenters. The minimum absolute atomic E-state index is 0.0147. The molecule has 4 heterocycles. The summed E-state index contributed by atoms with van der Waals surface area (Å²) in [7, 11) is 1.67. The van der Waals surface area contributed by atoms with E-state index in [1.54, 1.807) is 29.8 Å². The van der Waals surface area contributed by atoms with E-state index in [4.69, 9.17) is 9.72 Å². The second-order valence-corrected chi connectivity index (χ2v) is 9.39. The Kier molecular flexibility index (Phi) is 6.02. The molecule has 0 bridgehead atoms. The molecule has 0 aliphatic carbocycles. The van der Waals surface area contributed by atoms with Crippen LogP contribution in [0.1, 0.15) is 16.2 Å². The summed E-state index contributed by atoms with van der Waals surface area (Å²) in [5, 5.41) is 12.4. The van der Waals surface area contributed by atoms with E-state index in [2.05, 4.69) is 20.5 Å². The highest BCUT2D eigenvalue weighted by Gasteiger charge is 2.24. The zero-order chi connectivity index (χ0) is 21.9. The van der Waals surface area contributed by atoms with Gasteiger partial charge >= 0.3 is 0 Å². The summed E-state index contributed by atoms with van der Waals surface area (Å²) in [4.78, 5) is 23.0. The number of benzene rings is 1. The highest BCUT2D eigenvalue weighted by atomic mass is 32.1. The van der Waals surface area contributed by atoms with Crippen molar-refractivity contribution in [3.63, 3.8) is 0 Å². The standard InChI is InChI=1S/C23H23N5O2S2/c1-30-18-6-4-16(5-7-18)22-24-17(15-32-22)14-27-8-10-28(11-9-27)23(29)20-13-19(25-26-20)21-3-2-12-31-21/h2-7,12-13,15H,8-11,14H2,1H3,(H,25,26). The van der Waals surface area contributed by atoms with Gasteiger partial charge in [0.25, 0.3) is 5.91 Å². The summed E-state index contributed by atoms with van der Waals surface area (Å²) in [5.41, 5.74) is 3.52. The third-order valence-electron chi connectivity index (χ3n) is 5.52. The fourth-order valence-corrected chi connectivity index (χ4v) is 5.24. The third kappa shape index (κ3) is 4.45. The van der Waals surface area contributed by atoms with Crippen molar-refractivity contribution >= 4 is 28.6 Å². The topological polar surface area (TPSA) is 74.3 Å². The number of carbonyl (C=O) groups excluding carboxylic acids is 1. The van der Waals surface area contributed by atoms with Crippen LogP contribution in [0.15, 0.2) is 53.2 Å². The van der Waals surface area contributed by atoms with Crippen molar-refractivity contribution in [1.29, 1.82) is 0 Å². The first kappa shape index (κ1) is 20.9. The van der Waals surface area contributed by atoms with Crippen LogP contribution in [0.2, 0.25) is 0 Å². The van der Waals surface area contributed by atoms with Crippen LogP contribution >= 0.6 is 22.7 Å². The van der Waals surface area contributed by atoms with Gasteiger partial charge in [0.15, 0.2) is 5.69 Å². The molecule has 0 unspecified atom stereocenters. The van der Waals surface area contributed by atoms with E-state index in [-0.39, 0.29) is 5.91 Å². The lowest BCUT2D eigenvalue weighted by atomic mass is 10.2. The van der Waals surface area contributed by atoms with E-state index in [0.717, 1.165) is 52.2 Å². The van der Waals surface area contributed by atoms with Gasteiger partial charge in [-0.3, -0.25) is 14.8 Å². The maximum atomic E-state index is 12.9. The number of aromatic amines is 1. The second kappa shape index (κ2) is 9.23. The molecule has 0 saturated carbocycles. The number of ether oxygens (including phenoxy) is 1. The van der Waals surface area contributed by atoms with E-state index < -0.39 is 0 Å². The zero-order valence-corrected chi connectivity index (χ0v) is 19.3. The highest BCUT2D eigenvalue weighted by Crippen LogP contribution is 2.27. The van der Waals surface area contributed by atoms with Crippen LogP contribution < -0.4 is 4.74 Å². The lowest BCUT2D eigenvalue weighted by molar-refractivity contribution is 0.0621. The van der Waals surface area contributed by atoms with Crippen molar-refractivity contribution in [1.82, 2.24) is 25.0 Å². The lowest BCUT2D eigenvalue weighted by Crippen LogP contribution is -2.48. The minimum Gasteiger partial charge on any atom is -0.497 e. The average Bonchev–Trinajstić information content (AvgIpc) is 3.61. The average molecular weight is 466 g/mol. The van der Waals surface area contributed by atoms with Gasteiger partial charge in [-0.05, 0) is 41.8 Å². The Hall–Kier alpha value is -3.01. The molecule has 1 saturated heterocycles. The first-order valence-corrected chi connectivity index (χ1v) is 12.2. The van der Waals surface area contributed by atoms with Crippen molar-refractivity contribution < 1.29 is 9.53 Å². The van der Waals surface area contributed by atoms with Gasteiger partial charge in [-0.15, -0.1) is 22.7 Å². The van der Waals surface area contributed by atoms with Crippen LogP contribution in [0.3, 0.4) is 0 Å². The molecule has 1 aliphatic rings. The summed E-state index contributed by atoms with van der Waals surface area (Å²) in [6.07, 6.45) is 0. The fraction of sp³-hybridized carbons (Fsp3) is 0.261. The second-order valence-electron chi connectivity index (χ2n) is 7.59. The van der Waals surface area contributed by atoms with E-state index in [1.807, 2.05) is 52.7 Å². The summed E-state index contributed by atoms with van der Waals surface area (Å²) >= 11 is 3.28.